The van der Waals surface area contributed by atoms with Crippen LogP contribution in [0.15, 0.2) is 194 Å². The first-order chi connectivity index (χ1) is 38.6. The van der Waals surface area contributed by atoms with E-state index in [9.17, 15) is 0 Å². The fourth-order valence-corrected chi connectivity index (χ4v) is 12.4. The minimum Gasteiger partial charge on any atom is -0.310 e. The SMILES string of the molecule is CC(C)(C)c1ccc(N(c2ccc(C(C)(C)C)cc2)c2ccc3c(c2)C(C)(C)c2cc(C=Cc4ccc(C=Cc5ccc6c(c5)C(C)(C)c5cc(N(c7ccc(C(C)(C)C)cc7)c7ccc(C(C)(C)C)cc7)ccc5-6)cc4)ccc2-3)cc1. The van der Waals surface area contributed by atoms with Crippen LogP contribution in [0.2, 0.25) is 0 Å². The van der Waals surface area contributed by atoms with E-state index < -0.39 is 0 Å². The summed E-state index contributed by atoms with van der Waals surface area (Å²) in [6.45, 7) is 36.9. The van der Waals surface area contributed by atoms with E-state index in [1.165, 1.54) is 100 Å². The first-order valence-corrected chi connectivity index (χ1v) is 29.7. The van der Waals surface area contributed by atoms with Crippen LogP contribution in [0.3, 0.4) is 0 Å². The van der Waals surface area contributed by atoms with Gasteiger partial charge in [0.15, 0.2) is 0 Å². The van der Waals surface area contributed by atoms with Gasteiger partial charge in [-0.2, -0.15) is 0 Å². The number of benzene rings is 9. The molecule has 2 aliphatic rings. The summed E-state index contributed by atoms with van der Waals surface area (Å²) in [6.07, 6.45) is 9.01. The van der Waals surface area contributed by atoms with Crippen molar-refractivity contribution in [3.05, 3.63) is 261 Å². The molecule has 0 aliphatic heterocycles. The van der Waals surface area contributed by atoms with Gasteiger partial charge >= 0.3 is 0 Å². The van der Waals surface area contributed by atoms with E-state index in [-0.39, 0.29) is 32.5 Å². The molecule has 2 heteroatoms. The van der Waals surface area contributed by atoms with Crippen LogP contribution in [0.25, 0.3) is 46.6 Å². The zero-order valence-electron chi connectivity index (χ0n) is 51.7. The molecule has 0 saturated carbocycles. The van der Waals surface area contributed by atoms with Crippen molar-refractivity contribution in [3.8, 4) is 22.3 Å². The summed E-state index contributed by atoms with van der Waals surface area (Å²) < 4.78 is 0. The Morgan fingerprint density at radius 3 is 0.707 bits per heavy atom. The van der Waals surface area contributed by atoms with Gasteiger partial charge in [0.1, 0.15) is 0 Å². The number of nitrogens with zero attached hydrogens (tertiary/aromatic N) is 2. The summed E-state index contributed by atoms with van der Waals surface area (Å²) in [5, 5.41) is 0. The van der Waals surface area contributed by atoms with E-state index >= 15 is 0 Å². The molecule has 0 aromatic heterocycles. The van der Waals surface area contributed by atoms with Gasteiger partial charge in [-0.3, -0.25) is 0 Å². The summed E-state index contributed by atoms with van der Waals surface area (Å²) in [5.41, 5.74) is 27.7. The fraction of sp³-hybridized carbons (Fsp3) is 0.275. The maximum Gasteiger partial charge on any atom is 0.0465 e. The lowest BCUT2D eigenvalue weighted by Gasteiger charge is -2.29. The Bertz CT molecular complexity index is 3510. The van der Waals surface area contributed by atoms with Gasteiger partial charge in [0.25, 0.3) is 0 Å². The van der Waals surface area contributed by atoms with E-state index in [0.29, 0.717) is 0 Å². The molecule has 0 spiro atoms. The van der Waals surface area contributed by atoms with Gasteiger partial charge in [0.2, 0.25) is 0 Å². The van der Waals surface area contributed by atoms with Crippen LogP contribution in [0.5, 0.6) is 0 Å². The lowest BCUT2D eigenvalue weighted by atomic mass is 9.81. The molecule has 11 rings (SSSR count). The quantitative estimate of drug-likeness (QED) is 0.126. The Balaban J connectivity index is 0.801. The van der Waals surface area contributed by atoms with Crippen molar-refractivity contribution in [1.82, 2.24) is 0 Å². The van der Waals surface area contributed by atoms with Gasteiger partial charge in [-0.1, -0.05) is 256 Å². The molecular weight excluding hydrogens is 989 g/mol. The molecule has 0 atom stereocenters. The van der Waals surface area contributed by atoms with Crippen LogP contribution in [0, 0.1) is 0 Å². The van der Waals surface area contributed by atoms with Gasteiger partial charge in [0.05, 0.1) is 0 Å². The number of anilines is 6. The van der Waals surface area contributed by atoms with Gasteiger partial charge in [-0.05, 0) is 183 Å². The Morgan fingerprint density at radius 2 is 0.451 bits per heavy atom. The molecule has 0 bridgehead atoms. The molecule has 0 unspecified atom stereocenters. The Labute approximate surface area is 492 Å². The summed E-state index contributed by atoms with van der Waals surface area (Å²) >= 11 is 0. The highest BCUT2D eigenvalue weighted by molar-refractivity contribution is 5.89. The highest BCUT2D eigenvalue weighted by Gasteiger charge is 2.38. The molecule has 0 heterocycles. The average Bonchev–Trinajstić information content (AvgIpc) is 2.20. The first-order valence-electron chi connectivity index (χ1n) is 29.7. The highest BCUT2D eigenvalue weighted by atomic mass is 15.1. The van der Waals surface area contributed by atoms with Gasteiger partial charge in [-0.25, -0.2) is 0 Å². The van der Waals surface area contributed by atoms with Crippen molar-refractivity contribution in [2.24, 2.45) is 0 Å². The summed E-state index contributed by atoms with van der Waals surface area (Å²) in [7, 11) is 0. The van der Waals surface area contributed by atoms with Crippen molar-refractivity contribution < 1.29 is 0 Å². The number of hydrogen-bond donors (Lipinski definition) is 0. The Morgan fingerprint density at radius 1 is 0.244 bits per heavy atom. The zero-order chi connectivity index (χ0) is 58.3. The molecule has 2 aliphatic carbocycles. The zero-order valence-corrected chi connectivity index (χ0v) is 51.7. The van der Waals surface area contributed by atoms with E-state index in [1.807, 2.05) is 0 Å². The van der Waals surface area contributed by atoms with Crippen molar-refractivity contribution in [2.75, 3.05) is 9.80 Å². The van der Waals surface area contributed by atoms with Crippen LogP contribution < -0.4 is 9.80 Å². The molecule has 0 amide bonds. The predicted octanol–water partition coefficient (Wildman–Crippen LogP) is 22.8. The van der Waals surface area contributed by atoms with Crippen LogP contribution in [-0.4, -0.2) is 0 Å². The predicted molar refractivity (Wildman–Crippen MR) is 356 cm³/mol. The molecule has 0 N–H and O–H groups in total. The molecular formula is C80H84N2. The minimum absolute atomic E-state index is 0.0790. The molecule has 414 valence electrons. The average molecular weight is 1070 g/mol. The van der Waals surface area contributed by atoms with E-state index in [1.54, 1.807) is 0 Å². The summed E-state index contributed by atoms with van der Waals surface area (Å²) in [5.74, 6) is 0. The molecule has 9 aromatic carbocycles. The lowest BCUT2D eigenvalue weighted by Crippen LogP contribution is -2.17. The lowest BCUT2D eigenvalue weighted by molar-refractivity contribution is 0.590. The second-order valence-electron chi connectivity index (χ2n) is 28.5. The van der Waals surface area contributed by atoms with E-state index in [0.717, 1.165) is 22.7 Å². The maximum atomic E-state index is 2.44. The van der Waals surface area contributed by atoms with Crippen LogP contribution >= 0.6 is 0 Å². The van der Waals surface area contributed by atoms with Crippen molar-refractivity contribution in [3.63, 3.8) is 0 Å². The monoisotopic (exact) mass is 1070 g/mol. The smallest absolute Gasteiger partial charge is 0.0465 e. The third-order valence-corrected chi connectivity index (χ3v) is 17.7. The summed E-state index contributed by atoms with van der Waals surface area (Å²) in [4.78, 5) is 4.84. The molecule has 0 fully saturated rings. The topological polar surface area (TPSA) is 6.48 Å². The molecule has 9 aromatic rings. The first kappa shape index (κ1) is 55.9. The van der Waals surface area contributed by atoms with Crippen LogP contribution in [0.1, 0.15) is 178 Å². The Kier molecular flexibility index (Phi) is 14.0. The maximum absolute atomic E-state index is 2.44. The number of hydrogen-bond acceptors (Lipinski definition) is 2. The normalized spacial score (nSPS) is 14.4. The van der Waals surface area contributed by atoms with Crippen molar-refractivity contribution in [2.45, 2.75) is 143 Å². The van der Waals surface area contributed by atoms with Crippen molar-refractivity contribution >= 4 is 58.4 Å². The van der Waals surface area contributed by atoms with E-state index in [2.05, 4.69) is 339 Å². The van der Waals surface area contributed by atoms with Crippen molar-refractivity contribution in [1.29, 1.82) is 0 Å². The number of fused-ring (bicyclic) bond motifs is 6. The molecule has 82 heavy (non-hydrogen) atoms. The van der Waals surface area contributed by atoms with Crippen LogP contribution in [0.4, 0.5) is 34.1 Å². The minimum atomic E-state index is -0.181. The second kappa shape index (κ2) is 20.5. The largest absolute Gasteiger partial charge is 0.310 e. The molecule has 0 radical (unpaired) electrons. The third-order valence-electron chi connectivity index (χ3n) is 17.7. The van der Waals surface area contributed by atoms with Gasteiger partial charge in [-0.15, -0.1) is 0 Å². The molecule has 0 saturated heterocycles. The molecule has 2 nitrogen and oxygen atoms in total. The van der Waals surface area contributed by atoms with Gasteiger partial charge < -0.3 is 9.80 Å². The third kappa shape index (κ3) is 10.7. The van der Waals surface area contributed by atoms with Crippen LogP contribution in [-0.2, 0) is 32.5 Å². The van der Waals surface area contributed by atoms with E-state index in [4.69, 9.17) is 0 Å². The Hall–Kier alpha value is -7.94. The summed E-state index contributed by atoms with van der Waals surface area (Å²) in [6, 6.07) is 73.7. The number of rotatable bonds is 10. The van der Waals surface area contributed by atoms with Gasteiger partial charge in [0, 0.05) is 45.0 Å². The highest BCUT2D eigenvalue weighted by Crippen LogP contribution is 2.53. The second-order valence-corrected chi connectivity index (χ2v) is 28.5. The standard InChI is InChI=1S/C80H84N2/c1-75(2,3)57-27-35-61(36-28-57)81(62-37-29-58(30-38-62)76(4,5)6)65-43-47-69-67-45-25-55(49-71(67)79(13,14)73(69)51-65)23-21-53-17-19-54(20-18-53)22-24-56-26-46-68-70-48-44-66(52-74(70)80(15,16)72(68)50-56)82(63-39-31-59(32-40-63)77(7,8)9)64-41-33-60(34-42-64)78(10,11)12/h17-52H,1-16H3. The fourth-order valence-electron chi connectivity index (χ4n) is 12.4.